The van der Waals surface area contributed by atoms with E-state index in [1.165, 1.54) is 82.7 Å². The van der Waals surface area contributed by atoms with Crippen molar-refractivity contribution in [1.82, 2.24) is 0 Å². The van der Waals surface area contributed by atoms with Crippen LogP contribution >= 0.6 is 0 Å². The summed E-state index contributed by atoms with van der Waals surface area (Å²) in [6.07, 6.45) is 0. The van der Waals surface area contributed by atoms with Crippen LogP contribution in [0, 0.1) is 0 Å². The molecule has 11 rings (SSSR count). The zero-order valence-corrected chi connectivity index (χ0v) is 34.8. The number of hydrogen-bond donors (Lipinski definition) is 0. The molecule has 0 amide bonds. The molecular formula is C62H43N. The van der Waals surface area contributed by atoms with Crippen molar-refractivity contribution < 1.29 is 0 Å². The Bertz CT molecular complexity index is 3380. The van der Waals surface area contributed by atoms with Gasteiger partial charge in [-0.25, -0.2) is 0 Å². The lowest BCUT2D eigenvalue weighted by atomic mass is 9.86. The first-order chi connectivity index (χ1) is 31.2. The summed E-state index contributed by atoms with van der Waals surface area (Å²) in [6.45, 7) is 0. The second kappa shape index (κ2) is 16.7. The van der Waals surface area contributed by atoms with Crippen molar-refractivity contribution in [2.75, 3.05) is 4.90 Å². The van der Waals surface area contributed by atoms with Crippen molar-refractivity contribution >= 4 is 38.6 Å². The molecule has 1 nitrogen and oxygen atoms in total. The molecule has 1 heteroatoms. The quantitative estimate of drug-likeness (QED) is 0.141. The van der Waals surface area contributed by atoms with E-state index in [1.807, 2.05) is 0 Å². The third-order valence-electron chi connectivity index (χ3n) is 12.3. The van der Waals surface area contributed by atoms with E-state index in [2.05, 4.69) is 266 Å². The number of rotatable bonds is 9. The smallest absolute Gasteiger partial charge is 0.0540 e. The average molecular weight is 802 g/mol. The maximum absolute atomic E-state index is 2.44. The van der Waals surface area contributed by atoms with Gasteiger partial charge in [-0.2, -0.15) is 0 Å². The highest BCUT2D eigenvalue weighted by atomic mass is 15.1. The molecule has 0 bridgehead atoms. The molecule has 0 aliphatic carbocycles. The lowest BCUT2D eigenvalue weighted by molar-refractivity contribution is 1.28. The SMILES string of the molecule is c1ccc(-c2ccc(-c3ccccc3-c3ccccc3)c(-c3ccccc3N(c3ccc(-c4ccc5ccccc5c4)cc3)c3cccc(-c4cccc5ccccc45)c3)c2)cc1. The van der Waals surface area contributed by atoms with Crippen LogP contribution in [0.1, 0.15) is 0 Å². The summed E-state index contributed by atoms with van der Waals surface area (Å²) in [5.74, 6) is 0. The second-order valence-corrected chi connectivity index (χ2v) is 16.1. The number of nitrogens with zero attached hydrogens (tertiary/aromatic N) is 1. The van der Waals surface area contributed by atoms with Crippen LogP contribution < -0.4 is 4.90 Å². The fraction of sp³-hybridized carbons (Fsp3) is 0. The molecule has 0 saturated heterocycles. The zero-order valence-electron chi connectivity index (χ0n) is 34.8. The molecule has 0 heterocycles. The summed E-state index contributed by atoms with van der Waals surface area (Å²) in [6, 6.07) is 94.8. The lowest BCUT2D eigenvalue weighted by Gasteiger charge is -2.29. The molecule has 11 aromatic carbocycles. The minimum atomic E-state index is 1.08. The third kappa shape index (κ3) is 7.37. The topological polar surface area (TPSA) is 3.24 Å². The summed E-state index contributed by atoms with van der Waals surface area (Å²) in [5.41, 5.74) is 17.4. The maximum Gasteiger partial charge on any atom is 0.0540 e. The van der Waals surface area contributed by atoms with E-state index < -0.39 is 0 Å². The maximum atomic E-state index is 2.44. The Morgan fingerprint density at radius 2 is 0.730 bits per heavy atom. The Balaban J connectivity index is 1.13. The van der Waals surface area contributed by atoms with E-state index in [1.54, 1.807) is 0 Å². The summed E-state index contributed by atoms with van der Waals surface area (Å²) in [7, 11) is 0. The predicted octanol–water partition coefficient (Wildman–Crippen LogP) is 17.5. The molecule has 0 unspecified atom stereocenters. The largest absolute Gasteiger partial charge is 0.310 e. The number of para-hydroxylation sites is 1. The van der Waals surface area contributed by atoms with E-state index in [0.717, 1.165) is 22.6 Å². The van der Waals surface area contributed by atoms with Crippen LogP contribution in [-0.4, -0.2) is 0 Å². The van der Waals surface area contributed by atoms with Crippen LogP contribution in [0.15, 0.2) is 261 Å². The van der Waals surface area contributed by atoms with E-state index in [-0.39, 0.29) is 0 Å². The van der Waals surface area contributed by atoms with Gasteiger partial charge in [0.1, 0.15) is 0 Å². The Hall–Kier alpha value is -8.26. The molecule has 0 spiro atoms. The molecule has 0 aliphatic rings. The highest BCUT2D eigenvalue weighted by Crippen LogP contribution is 2.47. The van der Waals surface area contributed by atoms with E-state index in [9.17, 15) is 0 Å². The highest BCUT2D eigenvalue weighted by molar-refractivity contribution is 6.00. The van der Waals surface area contributed by atoms with Gasteiger partial charge in [0.25, 0.3) is 0 Å². The van der Waals surface area contributed by atoms with Crippen LogP contribution in [0.4, 0.5) is 17.1 Å². The van der Waals surface area contributed by atoms with Crippen molar-refractivity contribution in [2.24, 2.45) is 0 Å². The van der Waals surface area contributed by atoms with Crippen LogP contribution in [0.2, 0.25) is 0 Å². The second-order valence-electron chi connectivity index (χ2n) is 16.1. The fourth-order valence-corrected chi connectivity index (χ4v) is 9.18. The molecule has 0 atom stereocenters. The number of fused-ring (bicyclic) bond motifs is 2. The highest BCUT2D eigenvalue weighted by Gasteiger charge is 2.22. The molecule has 0 aromatic heterocycles. The van der Waals surface area contributed by atoms with Gasteiger partial charge in [-0.1, -0.05) is 218 Å². The monoisotopic (exact) mass is 801 g/mol. The predicted molar refractivity (Wildman–Crippen MR) is 269 cm³/mol. The first kappa shape index (κ1) is 37.7. The van der Waals surface area contributed by atoms with Gasteiger partial charge in [-0.05, 0) is 125 Å². The Kier molecular flexibility index (Phi) is 9.97. The number of anilines is 3. The van der Waals surface area contributed by atoms with Crippen molar-refractivity contribution in [3.63, 3.8) is 0 Å². The van der Waals surface area contributed by atoms with Gasteiger partial charge < -0.3 is 4.90 Å². The molecule has 0 aliphatic heterocycles. The van der Waals surface area contributed by atoms with Gasteiger partial charge in [0.05, 0.1) is 5.69 Å². The first-order valence-corrected chi connectivity index (χ1v) is 21.7. The minimum absolute atomic E-state index is 1.08. The number of benzene rings is 11. The van der Waals surface area contributed by atoms with Crippen LogP contribution in [0.3, 0.4) is 0 Å². The summed E-state index contributed by atoms with van der Waals surface area (Å²) in [4.78, 5) is 2.44. The van der Waals surface area contributed by atoms with Crippen LogP contribution in [0.5, 0.6) is 0 Å². The van der Waals surface area contributed by atoms with Gasteiger partial charge in [0.2, 0.25) is 0 Å². The average Bonchev–Trinajstić information content (AvgIpc) is 3.37. The summed E-state index contributed by atoms with van der Waals surface area (Å²) in [5, 5.41) is 4.95. The van der Waals surface area contributed by atoms with E-state index >= 15 is 0 Å². The van der Waals surface area contributed by atoms with Gasteiger partial charge >= 0.3 is 0 Å². The van der Waals surface area contributed by atoms with Crippen molar-refractivity contribution in [3.8, 4) is 66.8 Å². The molecule has 11 aromatic rings. The Morgan fingerprint density at radius 1 is 0.206 bits per heavy atom. The van der Waals surface area contributed by atoms with Gasteiger partial charge in [-0.15, -0.1) is 0 Å². The third-order valence-corrected chi connectivity index (χ3v) is 12.3. The standard InChI is InChI=1S/C62H43N/c1-3-17-44(18-4-1)51-37-40-59(58-29-12-11-28-56(58)47-20-5-2-6-21-47)61(43-51)60-30-13-14-32-62(60)63(53-38-35-46(36-39-53)50-34-33-45-19-7-8-23-49(45)41-50)54-26-15-25-52(42-54)57-31-16-24-48-22-9-10-27-55(48)57/h1-43H. The lowest BCUT2D eigenvalue weighted by Crippen LogP contribution is -2.11. The molecule has 0 fully saturated rings. The zero-order chi connectivity index (χ0) is 42.0. The van der Waals surface area contributed by atoms with Crippen LogP contribution in [-0.2, 0) is 0 Å². The van der Waals surface area contributed by atoms with E-state index in [4.69, 9.17) is 0 Å². The van der Waals surface area contributed by atoms with Crippen molar-refractivity contribution in [2.45, 2.75) is 0 Å². The van der Waals surface area contributed by atoms with Crippen LogP contribution in [0.25, 0.3) is 88.3 Å². The minimum Gasteiger partial charge on any atom is -0.310 e. The van der Waals surface area contributed by atoms with Gasteiger partial charge in [0, 0.05) is 16.9 Å². The van der Waals surface area contributed by atoms with E-state index in [0.29, 0.717) is 0 Å². The molecule has 63 heavy (non-hydrogen) atoms. The first-order valence-electron chi connectivity index (χ1n) is 21.7. The number of hydrogen-bond acceptors (Lipinski definition) is 1. The van der Waals surface area contributed by atoms with Crippen molar-refractivity contribution in [1.29, 1.82) is 0 Å². The van der Waals surface area contributed by atoms with Gasteiger partial charge in [-0.3, -0.25) is 0 Å². The fourth-order valence-electron chi connectivity index (χ4n) is 9.18. The molecular weight excluding hydrogens is 759 g/mol. The molecule has 0 radical (unpaired) electrons. The molecule has 296 valence electrons. The normalized spacial score (nSPS) is 11.2. The summed E-state index contributed by atoms with van der Waals surface area (Å²) >= 11 is 0. The van der Waals surface area contributed by atoms with Crippen molar-refractivity contribution in [3.05, 3.63) is 261 Å². The molecule has 0 saturated carbocycles. The summed E-state index contributed by atoms with van der Waals surface area (Å²) < 4.78 is 0. The molecule has 0 N–H and O–H groups in total. The Labute approximate surface area is 369 Å². The Morgan fingerprint density at radius 3 is 1.54 bits per heavy atom. The van der Waals surface area contributed by atoms with Gasteiger partial charge in [0.15, 0.2) is 0 Å².